The van der Waals surface area contributed by atoms with Gasteiger partial charge in [-0.25, -0.2) is 21.6 Å². The Balaban J connectivity index is 1.42. The van der Waals surface area contributed by atoms with Crippen LogP contribution in [-0.4, -0.2) is 44.3 Å². The highest BCUT2D eigenvalue weighted by molar-refractivity contribution is 7.90. The SMILES string of the molecule is CC(C)(Oc1cc(F)c(F)cc1F)C(=O)NC1CC2CCC(C1)N2c1ccc(S(C)(=O)=O)cc1. The van der Waals surface area contributed by atoms with E-state index in [9.17, 15) is 26.4 Å². The van der Waals surface area contributed by atoms with E-state index in [2.05, 4.69) is 10.2 Å². The van der Waals surface area contributed by atoms with Crippen LogP contribution in [0.1, 0.15) is 39.5 Å². The molecule has 10 heteroatoms. The number of halogens is 3. The largest absolute Gasteiger partial charge is 0.475 e. The van der Waals surface area contributed by atoms with Gasteiger partial charge in [0.1, 0.15) is 0 Å². The Morgan fingerprint density at radius 3 is 2.12 bits per heavy atom. The van der Waals surface area contributed by atoms with E-state index in [-0.39, 0.29) is 23.0 Å². The monoisotopic (exact) mass is 496 g/mol. The van der Waals surface area contributed by atoms with Crippen LogP contribution < -0.4 is 15.0 Å². The molecule has 2 aliphatic heterocycles. The molecule has 2 aromatic carbocycles. The summed E-state index contributed by atoms with van der Waals surface area (Å²) in [4.78, 5) is 15.5. The number of ether oxygens (including phenoxy) is 1. The van der Waals surface area contributed by atoms with Gasteiger partial charge in [0.25, 0.3) is 5.91 Å². The number of piperidine rings is 1. The third kappa shape index (κ3) is 4.87. The summed E-state index contributed by atoms with van der Waals surface area (Å²) in [7, 11) is -3.27. The van der Waals surface area contributed by atoms with E-state index in [0.29, 0.717) is 25.0 Å². The maximum Gasteiger partial charge on any atom is 0.263 e. The highest BCUT2D eigenvalue weighted by Gasteiger charge is 2.42. The molecule has 0 aliphatic carbocycles. The average Bonchev–Trinajstić information content (AvgIpc) is 3.01. The number of hydrogen-bond acceptors (Lipinski definition) is 5. The van der Waals surface area contributed by atoms with E-state index in [0.717, 1.165) is 18.5 Å². The van der Waals surface area contributed by atoms with Crippen LogP contribution >= 0.6 is 0 Å². The van der Waals surface area contributed by atoms with Crippen LogP contribution in [0.4, 0.5) is 18.9 Å². The summed E-state index contributed by atoms with van der Waals surface area (Å²) in [5, 5.41) is 2.97. The molecule has 1 N–H and O–H groups in total. The summed E-state index contributed by atoms with van der Waals surface area (Å²) in [5.74, 6) is -4.70. The maximum absolute atomic E-state index is 14.0. The summed E-state index contributed by atoms with van der Waals surface area (Å²) in [6.07, 6.45) is 4.44. The fourth-order valence-electron chi connectivity index (χ4n) is 4.84. The van der Waals surface area contributed by atoms with Crippen molar-refractivity contribution in [2.75, 3.05) is 11.2 Å². The molecule has 1 amide bonds. The van der Waals surface area contributed by atoms with E-state index in [1.54, 1.807) is 12.1 Å². The molecule has 0 aromatic heterocycles. The van der Waals surface area contributed by atoms with Crippen molar-refractivity contribution in [3.63, 3.8) is 0 Å². The van der Waals surface area contributed by atoms with Gasteiger partial charge in [-0.15, -0.1) is 0 Å². The van der Waals surface area contributed by atoms with E-state index in [4.69, 9.17) is 4.74 Å². The minimum atomic E-state index is -3.27. The molecule has 0 spiro atoms. The number of carbonyl (C=O) groups excluding carboxylic acids is 1. The molecule has 6 nitrogen and oxygen atoms in total. The zero-order chi connectivity index (χ0) is 24.8. The topological polar surface area (TPSA) is 75.7 Å². The average molecular weight is 497 g/mol. The Hall–Kier alpha value is -2.75. The lowest BCUT2D eigenvalue weighted by molar-refractivity contribution is -0.135. The van der Waals surface area contributed by atoms with Crippen LogP contribution in [0.2, 0.25) is 0 Å². The van der Waals surface area contributed by atoms with Crippen molar-refractivity contribution >= 4 is 21.4 Å². The number of benzene rings is 2. The number of fused-ring (bicyclic) bond motifs is 2. The number of carbonyl (C=O) groups is 1. The van der Waals surface area contributed by atoms with E-state index >= 15 is 0 Å². The molecule has 2 fully saturated rings. The van der Waals surface area contributed by atoms with Crippen LogP contribution in [0.25, 0.3) is 0 Å². The summed E-state index contributed by atoms with van der Waals surface area (Å²) < 4.78 is 69.6. The number of sulfone groups is 1. The Morgan fingerprint density at radius 1 is 1.00 bits per heavy atom. The highest BCUT2D eigenvalue weighted by atomic mass is 32.2. The van der Waals surface area contributed by atoms with Crippen molar-refractivity contribution in [1.82, 2.24) is 5.32 Å². The zero-order valence-electron chi connectivity index (χ0n) is 19.1. The van der Waals surface area contributed by atoms with Crippen LogP contribution in [0.5, 0.6) is 5.75 Å². The van der Waals surface area contributed by atoms with E-state index in [1.165, 1.54) is 20.1 Å². The number of nitrogens with one attached hydrogen (secondary N) is 1. The molecular weight excluding hydrogens is 469 g/mol. The number of nitrogens with zero attached hydrogens (tertiary/aromatic N) is 1. The predicted molar refractivity (Wildman–Crippen MR) is 121 cm³/mol. The molecule has 2 saturated heterocycles. The molecule has 0 saturated carbocycles. The maximum atomic E-state index is 14.0. The van der Waals surface area contributed by atoms with Gasteiger partial charge in [-0.1, -0.05) is 0 Å². The first-order valence-corrected chi connectivity index (χ1v) is 13.0. The van der Waals surface area contributed by atoms with Crippen LogP contribution in [0.15, 0.2) is 41.3 Å². The molecule has 2 atom stereocenters. The lowest BCUT2D eigenvalue weighted by Crippen LogP contribution is -2.55. The number of amides is 1. The van der Waals surface area contributed by atoms with Gasteiger partial charge >= 0.3 is 0 Å². The van der Waals surface area contributed by atoms with Crippen LogP contribution in [0.3, 0.4) is 0 Å². The molecule has 184 valence electrons. The number of rotatable bonds is 6. The second-order valence-corrected chi connectivity index (χ2v) is 11.5. The second-order valence-electron chi connectivity index (χ2n) is 9.51. The molecule has 2 unspecified atom stereocenters. The van der Waals surface area contributed by atoms with Gasteiger partial charge < -0.3 is 15.0 Å². The standard InChI is InChI=1S/C24H27F3N2O4S/c1-24(2,33-22-13-20(26)19(25)12-21(22)27)23(30)28-14-10-16-4-5-17(11-14)29(16)15-6-8-18(9-7-15)34(3,31)32/h6-9,12-14,16-17H,4-5,10-11H2,1-3H3,(H,28,30). The van der Waals surface area contributed by atoms with Crippen molar-refractivity contribution in [3.8, 4) is 5.75 Å². The quantitative estimate of drug-likeness (QED) is 0.613. The van der Waals surface area contributed by atoms with Gasteiger partial charge in [-0.3, -0.25) is 4.79 Å². The minimum Gasteiger partial charge on any atom is -0.475 e. The van der Waals surface area contributed by atoms with Crippen molar-refractivity contribution in [2.24, 2.45) is 0 Å². The molecule has 4 rings (SSSR count). The van der Waals surface area contributed by atoms with Gasteiger partial charge in [0.05, 0.1) is 4.90 Å². The number of anilines is 1. The lowest BCUT2D eigenvalue weighted by Gasteiger charge is -2.41. The Morgan fingerprint density at radius 2 is 1.56 bits per heavy atom. The highest BCUT2D eigenvalue weighted by Crippen LogP contribution is 2.39. The molecule has 2 bridgehead atoms. The van der Waals surface area contributed by atoms with Crippen molar-refractivity contribution < 1.29 is 31.1 Å². The molecule has 34 heavy (non-hydrogen) atoms. The molecule has 2 aromatic rings. The molecule has 0 radical (unpaired) electrons. The van der Waals surface area contributed by atoms with Crippen molar-refractivity contribution in [1.29, 1.82) is 0 Å². The first-order chi connectivity index (χ1) is 15.8. The van der Waals surface area contributed by atoms with Crippen molar-refractivity contribution in [3.05, 3.63) is 53.8 Å². The van der Waals surface area contributed by atoms with Gasteiger partial charge in [0.15, 0.2) is 38.6 Å². The summed E-state index contributed by atoms with van der Waals surface area (Å²) >= 11 is 0. The fraction of sp³-hybridized carbons (Fsp3) is 0.458. The summed E-state index contributed by atoms with van der Waals surface area (Å²) in [5.41, 5.74) is -0.565. The fourth-order valence-corrected chi connectivity index (χ4v) is 5.48. The molecule has 2 aliphatic rings. The molecule has 2 heterocycles. The summed E-state index contributed by atoms with van der Waals surface area (Å²) in [6, 6.07) is 8.05. The first-order valence-electron chi connectivity index (χ1n) is 11.1. The van der Waals surface area contributed by atoms with E-state index < -0.39 is 44.5 Å². The van der Waals surface area contributed by atoms with Crippen LogP contribution in [0, 0.1) is 17.5 Å². The van der Waals surface area contributed by atoms with Gasteiger partial charge in [0.2, 0.25) is 0 Å². The summed E-state index contributed by atoms with van der Waals surface area (Å²) in [6.45, 7) is 2.88. The number of hydrogen-bond donors (Lipinski definition) is 1. The smallest absolute Gasteiger partial charge is 0.263 e. The van der Waals surface area contributed by atoms with Gasteiger partial charge in [-0.05, 0) is 63.8 Å². The molecular formula is C24H27F3N2O4S. The van der Waals surface area contributed by atoms with E-state index in [1.807, 2.05) is 12.1 Å². The van der Waals surface area contributed by atoms with Gasteiger partial charge in [-0.2, -0.15) is 0 Å². The normalized spacial score (nSPS) is 22.5. The van der Waals surface area contributed by atoms with Crippen molar-refractivity contribution in [2.45, 2.75) is 68.2 Å². The Kier molecular flexibility index (Phi) is 6.30. The van der Waals surface area contributed by atoms with Crippen LogP contribution in [-0.2, 0) is 14.6 Å². The first kappa shape index (κ1) is 24.4. The Bertz CT molecular complexity index is 1190. The third-order valence-electron chi connectivity index (χ3n) is 6.52. The third-order valence-corrected chi connectivity index (χ3v) is 7.65. The second kappa shape index (κ2) is 8.79. The Labute approximate surface area is 197 Å². The predicted octanol–water partition coefficient (Wildman–Crippen LogP) is 3.98. The zero-order valence-corrected chi connectivity index (χ0v) is 20.0. The van der Waals surface area contributed by atoms with Gasteiger partial charge in [0, 0.05) is 42.2 Å². The minimum absolute atomic E-state index is 0.130. The lowest BCUT2D eigenvalue weighted by atomic mass is 9.95.